The highest BCUT2D eigenvalue weighted by molar-refractivity contribution is 5.75. The number of ether oxygens (including phenoxy) is 1. The molecule has 0 aromatic heterocycles. The van der Waals surface area contributed by atoms with Crippen LogP contribution >= 0.6 is 0 Å². The molecule has 5 nitrogen and oxygen atoms in total. The van der Waals surface area contributed by atoms with E-state index in [2.05, 4.69) is 4.74 Å². The summed E-state index contributed by atoms with van der Waals surface area (Å²) in [7, 11) is 1.25. The lowest BCUT2D eigenvalue weighted by Crippen LogP contribution is -2.53. The summed E-state index contributed by atoms with van der Waals surface area (Å²) in [5, 5.41) is 0. The second kappa shape index (κ2) is 6.35. The van der Waals surface area contributed by atoms with Crippen LogP contribution in [0.15, 0.2) is 0 Å². The largest absolute Gasteiger partial charge is 0.468 e. The highest BCUT2D eigenvalue weighted by atomic mass is 19.4. The lowest BCUT2D eigenvalue weighted by molar-refractivity contribution is -0.149. The van der Waals surface area contributed by atoms with Crippen molar-refractivity contribution in [2.24, 2.45) is 5.73 Å². The summed E-state index contributed by atoms with van der Waals surface area (Å²) in [6.07, 6.45) is -4.16. The second-order valence-corrected chi connectivity index (χ2v) is 4.32. The van der Waals surface area contributed by atoms with Crippen LogP contribution in [0.4, 0.5) is 13.2 Å². The van der Waals surface area contributed by atoms with Gasteiger partial charge in [-0.05, 0) is 0 Å². The number of esters is 1. The fourth-order valence-corrected chi connectivity index (χ4v) is 1.89. The monoisotopic (exact) mass is 269 g/mol. The van der Waals surface area contributed by atoms with E-state index in [1.54, 1.807) is 0 Å². The number of nitrogens with zero attached hydrogens (tertiary/aromatic N) is 2. The summed E-state index contributed by atoms with van der Waals surface area (Å²) in [6, 6.07) is -0.746. The van der Waals surface area contributed by atoms with Crippen molar-refractivity contribution in [1.29, 1.82) is 0 Å². The Labute approximate surface area is 104 Å². The number of rotatable bonds is 4. The molecule has 1 saturated heterocycles. The standard InChI is InChI=1S/C10H18F3N3O2/c1-18-9(17)8(14)6-15-2-4-16(5-3-15)7-10(11,12)13/h8H,2-7,14H2,1H3. The Morgan fingerprint density at radius 1 is 1.28 bits per heavy atom. The number of nitrogens with two attached hydrogens (primary N) is 1. The SMILES string of the molecule is COC(=O)C(N)CN1CCN(CC(F)(F)F)CC1. The van der Waals surface area contributed by atoms with Crippen molar-refractivity contribution in [2.75, 3.05) is 46.4 Å². The van der Waals surface area contributed by atoms with Gasteiger partial charge in [0, 0.05) is 32.7 Å². The van der Waals surface area contributed by atoms with E-state index in [0.29, 0.717) is 32.7 Å². The van der Waals surface area contributed by atoms with Gasteiger partial charge in [-0.15, -0.1) is 0 Å². The number of methoxy groups -OCH3 is 1. The van der Waals surface area contributed by atoms with E-state index in [0.717, 1.165) is 0 Å². The van der Waals surface area contributed by atoms with Gasteiger partial charge in [-0.1, -0.05) is 0 Å². The summed E-state index contributed by atoms with van der Waals surface area (Å²) in [6.45, 7) is 1.03. The highest BCUT2D eigenvalue weighted by Crippen LogP contribution is 2.17. The van der Waals surface area contributed by atoms with Crippen molar-refractivity contribution < 1.29 is 22.7 Å². The molecular weight excluding hydrogens is 251 g/mol. The molecule has 1 unspecified atom stereocenters. The quantitative estimate of drug-likeness (QED) is 0.708. The van der Waals surface area contributed by atoms with Crippen molar-refractivity contribution >= 4 is 5.97 Å². The average molecular weight is 269 g/mol. The van der Waals surface area contributed by atoms with E-state index in [1.807, 2.05) is 4.90 Å². The van der Waals surface area contributed by atoms with Gasteiger partial charge in [0.15, 0.2) is 0 Å². The number of carbonyl (C=O) groups excluding carboxylic acids is 1. The molecule has 1 aliphatic rings. The van der Waals surface area contributed by atoms with E-state index >= 15 is 0 Å². The maximum Gasteiger partial charge on any atom is 0.401 e. The van der Waals surface area contributed by atoms with Crippen LogP contribution in [0, 0.1) is 0 Å². The van der Waals surface area contributed by atoms with Crippen LogP contribution in [-0.4, -0.2) is 74.4 Å². The smallest absolute Gasteiger partial charge is 0.401 e. The van der Waals surface area contributed by atoms with Crippen molar-refractivity contribution in [2.45, 2.75) is 12.2 Å². The Morgan fingerprint density at radius 2 is 1.78 bits per heavy atom. The van der Waals surface area contributed by atoms with Crippen LogP contribution in [0.3, 0.4) is 0 Å². The summed E-state index contributed by atoms with van der Waals surface area (Å²) in [5.74, 6) is -0.507. The van der Waals surface area contributed by atoms with Crippen LogP contribution in [0.25, 0.3) is 0 Å². The molecular formula is C10H18F3N3O2. The Morgan fingerprint density at radius 3 is 2.22 bits per heavy atom. The molecule has 1 fully saturated rings. The first-order chi connectivity index (χ1) is 8.31. The Kier molecular flexibility index (Phi) is 5.36. The number of carbonyl (C=O) groups is 1. The van der Waals surface area contributed by atoms with Crippen LogP contribution < -0.4 is 5.73 Å². The first kappa shape index (κ1) is 15.2. The molecule has 0 amide bonds. The molecule has 106 valence electrons. The zero-order chi connectivity index (χ0) is 13.8. The van der Waals surface area contributed by atoms with Crippen molar-refractivity contribution in [3.05, 3.63) is 0 Å². The fourth-order valence-electron chi connectivity index (χ4n) is 1.89. The maximum atomic E-state index is 12.2. The van der Waals surface area contributed by atoms with Crippen LogP contribution in [0.2, 0.25) is 0 Å². The molecule has 0 bridgehead atoms. The molecule has 0 aromatic carbocycles. The number of alkyl halides is 3. The lowest BCUT2D eigenvalue weighted by Gasteiger charge is -2.35. The third-order valence-corrected chi connectivity index (χ3v) is 2.83. The van der Waals surface area contributed by atoms with Gasteiger partial charge in [-0.25, -0.2) is 0 Å². The maximum absolute atomic E-state index is 12.2. The normalized spacial score (nSPS) is 20.7. The molecule has 0 spiro atoms. The van der Waals surface area contributed by atoms with Gasteiger partial charge in [0.25, 0.3) is 0 Å². The topological polar surface area (TPSA) is 58.8 Å². The summed E-state index contributed by atoms with van der Waals surface area (Å²) >= 11 is 0. The number of halogens is 3. The first-order valence-electron chi connectivity index (χ1n) is 5.66. The highest BCUT2D eigenvalue weighted by Gasteiger charge is 2.32. The minimum Gasteiger partial charge on any atom is -0.468 e. The van der Waals surface area contributed by atoms with Crippen molar-refractivity contribution in [3.8, 4) is 0 Å². The summed E-state index contributed by atoms with van der Waals surface area (Å²) < 4.78 is 41.0. The predicted octanol–water partition coefficient (Wildman–Crippen LogP) is -0.333. The average Bonchev–Trinajstić information content (AvgIpc) is 2.28. The molecule has 18 heavy (non-hydrogen) atoms. The third kappa shape index (κ3) is 5.19. The van der Waals surface area contributed by atoms with E-state index < -0.39 is 24.7 Å². The molecule has 0 aromatic rings. The zero-order valence-corrected chi connectivity index (χ0v) is 10.2. The van der Waals surface area contributed by atoms with Crippen LogP contribution in [0.5, 0.6) is 0 Å². The zero-order valence-electron chi connectivity index (χ0n) is 10.2. The van der Waals surface area contributed by atoms with E-state index in [-0.39, 0.29) is 0 Å². The first-order valence-corrected chi connectivity index (χ1v) is 5.66. The van der Waals surface area contributed by atoms with Crippen LogP contribution in [-0.2, 0) is 9.53 Å². The van der Waals surface area contributed by atoms with Crippen molar-refractivity contribution in [3.63, 3.8) is 0 Å². The van der Waals surface area contributed by atoms with Crippen LogP contribution in [0.1, 0.15) is 0 Å². The van der Waals surface area contributed by atoms with E-state index in [1.165, 1.54) is 12.0 Å². The van der Waals surface area contributed by atoms with Gasteiger partial charge in [-0.3, -0.25) is 14.6 Å². The lowest BCUT2D eigenvalue weighted by atomic mass is 10.2. The number of hydrogen-bond donors (Lipinski definition) is 1. The van der Waals surface area contributed by atoms with Crippen molar-refractivity contribution in [1.82, 2.24) is 9.80 Å². The fraction of sp³-hybridized carbons (Fsp3) is 0.900. The van der Waals surface area contributed by atoms with Gasteiger partial charge in [0.2, 0.25) is 0 Å². The summed E-state index contributed by atoms with van der Waals surface area (Å²) in [5.41, 5.74) is 5.59. The predicted molar refractivity (Wildman–Crippen MR) is 58.9 cm³/mol. The second-order valence-electron chi connectivity index (χ2n) is 4.32. The number of hydrogen-bond acceptors (Lipinski definition) is 5. The van der Waals surface area contributed by atoms with Gasteiger partial charge in [0.1, 0.15) is 6.04 Å². The Balaban J connectivity index is 2.29. The summed E-state index contributed by atoms with van der Waals surface area (Å²) in [4.78, 5) is 14.3. The molecule has 1 heterocycles. The van der Waals surface area contributed by atoms with Gasteiger partial charge in [0.05, 0.1) is 13.7 Å². The van der Waals surface area contributed by atoms with Gasteiger partial charge < -0.3 is 10.5 Å². The molecule has 0 saturated carbocycles. The molecule has 1 atom stereocenters. The molecule has 0 aliphatic carbocycles. The number of piperazine rings is 1. The third-order valence-electron chi connectivity index (χ3n) is 2.83. The van der Waals surface area contributed by atoms with E-state index in [9.17, 15) is 18.0 Å². The minimum absolute atomic E-state index is 0.312. The molecule has 1 aliphatic heterocycles. The Bertz CT molecular complexity index is 278. The molecule has 2 N–H and O–H groups in total. The van der Waals surface area contributed by atoms with E-state index in [4.69, 9.17) is 5.73 Å². The molecule has 0 radical (unpaired) electrons. The Hall–Kier alpha value is -0.860. The molecule has 1 rings (SSSR count). The van der Waals surface area contributed by atoms with Gasteiger partial charge in [-0.2, -0.15) is 13.2 Å². The minimum atomic E-state index is -4.16. The molecule has 8 heteroatoms. The van der Waals surface area contributed by atoms with Gasteiger partial charge >= 0.3 is 12.1 Å².